The summed E-state index contributed by atoms with van der Waals surface area (Å²) in [4.78, 5) is 0. The Bertz CT molecular complexity index is 303. The molecule has 0 heterocycles. The minimum Gasteiger partial charge on any atom is -0.0622 e. The van der Waals surface area contributed by atoms with Crippen LogP contribution >= 0.6 is 0 Å². The molecular formula is C12H10Ti. The first kappa shape index (κ1) is 10.2. The van der Waals surface area contributed by atoms with Crippen molar-refractivity contribution in [2.75, 3.05) is 0 Å². The first-order chi connectivity index (χ1) is 5.97. The summed E-state index contributed by atoms with van der Waals surface area (Å²) in [5, 5.41) is 0. The van der Waals surface area contributed by atoms with E-state index in [4.69, 9.17) is 0 Å². The van der Waals surface area contributed by atoms with Gasteiger partial charge in [0.25, 0.3) is 0 Å². The molecule has 0 fully saturated rings. The van der Waals surface area contributed by atoms with Crippen LogP contribution in [0.15, 0.2) is 60.7 Å². The van der Waals surface area contributed by atoms with Gasteiger partial charge in [-0.25, -0.2) is 0 Å². The molecule has 0 aliphatic heterocycles. The molecule has 0 spiro atoms. The third kappa shape index (κ3) is 2.55. The topological polar surface area (TPSA) is 0 Å². The maximum atomic E-state index is 2.12. The van der Waals surface area contributed by atoms with E-state index in [0.717, 1.165) is 0 Å². The molecule has 0 aromatic heterocycles. The van der Waals surface area contributed by atoms with Gasteiger partial charge in [0.05, 0.1) is 0 Å². The molecule has 0 N–H and O–H groups in total. The number of benzene rings is 2. The SMILES string of the molecule is [Ti].c1ccc(-c2ccccc2)cc1. The zero-order chi connectivity index (χ0) is 8.23. The van der Waals surface area contributed by atoms with E-state index in [9.17, 15) is 0 Å². The van der Waals surface area contributed by atoms with Gasteiger partial charge in [0.2, 0.25) is 0 Å². The Morgan fingerprint density at radius 2 is 0.769 bits per heavy atom. The third-order valence-corrected chi connectivity index (χ3v) is 1.88. The summed E-state index contributed by atoms with van der Waals surface area (Å²) < 4.78 is 0. The van der Waals surface area contributed by atoms with Crippen molar-refractivity contribution in [3.63, 3.8) is 0 Å². The van der Waals surface area contributed by atoms with Crippen molar-refractivity contribution in [3.05, 3.63) is 60.7 Å². The van der Waals surface area contributed by atoms with Gasteiger partial charge in [0, 0.05) is 21.7 Å². The molecule has 2 rings (SSSR count). The van der Waals surface area contributed by atoms with Crippen molar-refractivity contribution in [2.45, 2.75) is 0 Å². The molecule has 0 saturated carbocycles. The summed E-state index contributed by atoms with van der Waals surface area (Å²) in [6.07, 6.45) is 0. The fourth-order valence-corrected chi connectivity index (χ4v) is 1.26. The van der Waals surface area contributed by atoms with Crippen LogP contribution in [-0.2, 0) is 21.7 Å². The molecule has 0 unspecified atom stereocenters. The molecule has 0 aliphatic carbocycles. The van der Waals surface area contributed by atoms with E-state index in [2.05, 4.69) is 48.5 Å². The van der Waals surface area contributed by atoms with Crippen molar-refractivity contribution in [2.24, 2.45) is 0 Å². The van der Waals surface area contributed by atoms with Crippen LogP contribution in [0.1, 0.15) is 0 Å². The Balaban J connectivity index is 0.000000845. The summed E-state index contributed by atoms with van der Waals surface area (Å²) in [5.74, 6) is 0. The van der Waals surface area contributed by atoms with Crippen LogP contribution in [-0.4, -0.2) is 0 Å². The average Bonchev–Trinajstić information content (AvgIpc) is 2.21. The molecule has 2 aromatic carbocycles. The Hall–Kier alpha value is -0.846. The van der Waals surface area contributed by atoms with Crippen LogP contribution in [0.4, 0.5) is 0 Å². The molecular weight excluding hydrogens is 192 g/mol. The average molecular weight is 202 g/mol. The predicted octanol–water partition coefficient (Wildman–Crippen LogP) is 3.35. The zero-order valence-corrected chi connectivity index (χ0v) is 8.84. The Morgan fingerprint density at radius 1 is 0.462 bits per heavy atom. The number of hydrogen-bond acceptors (Lipinski definition) is 0. The smallest absolute Gasteiger partial charge is 0 e. The molecule has 0 nitrogen and oxygen atoms in total. The molecule has 0 saturated heterocycles. The minimum atomic E-state index is 0. The largest absolute Gasteiger partial charge is 0.0622 e. The third-order valence-electron chi connectivity index (χ3n) is 1.88. The monoisotopic (exact) mass is 202 g/mol. The van der Waals surface area contributed by atoms with Crippen LogP contribution in [0, 0.1) is 0 Å². The molecule has 2 aromatic rings. The quantitative estimate of drug-likeness (QED) is 0.622. The number of rotatable bonds is 1. The van der Waals surface area contributed by atoms with Gasteiger partial charge in [-0.1, -0.05) is 60.7 Å². The van der Waals surface area contributed by atoms with E-state index in [1.807, 2.05) is 12.1 Å². The summed E-state index contributed by atoms with van der Waals surface area (Å²) in [6, 6.07) is 20.8. The van der Waals surface area contributed by atoms with Crippen molar-refractivity contribution in [1.82, 2.24) is 0 Å². The van der Waals surface area contributed by atoms with E-state index in [0.29, 0.717) is 0 Å². The fourth-order valence-electron chi connectivity index (χ4n) is 1.26. The maximum absolute atomic E-state index is 2.12. The van der Waals surface area contributed by atoms with Crippen LogP contribution in [0.5, 0.6) is 0 Å². The zero-order valence-electron chi connectivity index (χ0n) is 7.27. The molecule has 0 atom stereocenters. The Morgan fingerprint density at radius 3 is 1.08 bits per heavy atom. The van der Waals surface area contributed by atoms with Gasteiger partial charge in [0.15, 0.2) is 0 Å². The Kier molecular flexibility index (Phi) is 3.94. The second-order valence-electron chi connectivity index (χ2n) is 2.73. The van der Waals surface area contributed by atoms with Gasteiger partial charge in [-0.2, -0.15) is 0 Å². The van der Waals surface area contributed by atoms with Gasteiger partial charge in [-0.3, -0.25) is 0 Å². The van der Waals surface area contributed by atoms with Gasteiger partial charge in [-0.05, 0) is 11.1 Å². The molecule has 0 radical (unpaired) electrons. The number of hydrogen-bond donors (Lipinski definition) is 0. The van der Waals surface area contributed by atoms with Crippen molar-refractivity contribution < 1.29 is 21.7 Å². The van der Waals surface area contributed by atoms with Crippen molar-refractivity contribution >= 4 is 0 Å². The van der Waals surface area contributed by atoms with Crippen molar-refractivity contribution in [3.8, 4) is 11.1 Å². The molecule has 62 valence electrons. The van der Waals surface area contributed by atoms with Gasteiger partial charge in [0.1, 0.15) is 0 Å². The maximum Gasteiger partial charge on any atom is 0 e. The summed E-state index contributed by atoms with van der Waals surface area (Å²) in [6.45, 7) is 0. The molecule has 1 heteroatoms. The fraction of sp³-hybridized carbons (Fsp3) is 0. The standard InChI is InChI=1S/C12H10.Ti/c1-3-7-11(8-4-1)12-9-5-2-6-10-12;/h1-10H;. The summed E-state index contributed by atoms with van der Waals surface area (Å²) in [5.41, 5.74) is 2.55. The van der Waals surface area contributed by atoms with Crippen LogP contribution in [0.3, 0.4) is 0 Å². The van der Waals surface area contributed by atoms with Crippen molar-refractivity contribution in [1.29, 1.82) is 0 Å². The van der Waals surface area contributed by atoms with Crippen LogP contribution in [0.2, 0.25) is 0 Å². The van der Waals surface area contributed by atoms with Gasteiger partial charge >= 0.3 is 0 Å². The summed E-state index contributed by atoms with van der Waals surface area (Å²) in [7, 11) is 0. The minimum absolute atomic E-state index is 0. The molecule has 0 amide bonds. The first-order valence-corrected chi connectivity index (χ1v) is 4.07. The molecule has 0 bridgehead atoms. The van der Waals surface area contributed by atoms with Gasteiger partial charge in [-0.15, -0.1) is 0 Å². The van der Waals surface area contributed by atoms with E-state index < -0.39 is 0 Å². The normalized spacial score (nSPS) is 8.92. The van der Waals surface area contributed by atoms with E-state index in [-0.39, 0.29) is 21.7 Å². The molecule has 13 heavy (non-hydrogen) atoms. The van der Waals surface area contributed by atoms with E-state index in [1.54, 1.807) is 0 Å². The first-order valence-electron chi connectivity index (χ1n) is 4.07. The van der Waals surface area contributed by atoms with Gasteiger partial charge < -0.3 is 0 Å². The van der Waals surface area contributed by atoms with Crippen LogP contribution < -0.4 is 0 Å². The Labute approximate surface area is 93.5 Å². The second-order valence-corrected chi connectivity index (χ2v) is 2.73. The summed E-state index contributed by atoms with van der Waals surface area (Å²) >= 11 is 0. The predicted molar refractivity (Wildman–Crippen MR) is 51.9 cm³/mol. The van der Waals surface area contributed by atoms with E-state index >= 15 is 0 Å². The second kappa shape index (κ2) is 5.01. The van der Waals surface area contributed by atoms with Crippen LogP contribution in [0.25, 0.3) is 11.1 Å². The van der Waals surface area contributed by atoms with E-state index in [1.165, 1.54) is 11.1 Å². The molecule has 0 aliphatic rings.